The summed E-state index contributed by atoms with van der Waals surface area (Å²) < 4.78 is 38.3. The molecule has 2 atom stereocenters. The van der Waals surface area contributed by atoms with Crippen molar-refractivity contribution in [3.63, 3.8) is 0 Å². The largest absolute Gasteiger partial charge is 0.393 e. The number of hydrogen-bond donors (Lipinski definition) is 1. The maximum atomic E-state index is 12.8. The minimum absolute atomic E-state index is 0.0915. The average Bonchev–Trinajstić information content (AvgIpc) is 2.23. The highest BCUT2D eigenvalue weighted by molar-refractivity contribution is 5.75. The lowest BCUT2D eigenvalue weighted by molar-refractivity contribution is -0.203. The second kappa shape index (κ2) is 5.47. The quantitative estimate of drug-likeness (QED) is 0.781. The van der Waals surface area contributed by atoms with Crippen molar-refractivity contribution in [2.75, 3.05) is 0 Å². The van der Waals surface area contributed by atoms with E-state index in [0.717, 1.165) is 6.42 Å². The second-order valence-electron chi connectivity index (χ2n) is 5.80. The summed E-state index contributed by atoms with van der Waals surface area (Å²) in [5.74, 6) is -1.98. The molecule has 0 bridgehead atoms. The highest BCUT2D eigenvalue weighted by Crippen LogP contribution is 2.37. The lowest BCUT2D eigenvalue weighted by atomic mass is 9.84. The van der Waals surface area contributed by atoms with E-state index in [-0.39, 0.29) is 6.42 Å². The molecular weight excluding hydrogens is 247 g/mol. The van der Waals surface area contributed by atoms with Crippen molar-refractivity contribution in [2.45, 2.75) is 58.7 Å². The predicted octanol–water partition coefficient (Wildman–Crippen LogP) is 3.20. The third-order valence-electron chi connectivity index (χ3n) is 3.10. The standard InChI is InChI=1S/C12H20F3NO2/c1-11(2,3)10(17)18-16-9-7-5-4-6-8(9)12(13,14)15/h8-9,16H,4-7H2,1-3H3. The summed E-state index contributed by atoms with van der Waals surface area (Å²) in [6, 6.07) is -0.829. The van der Waals surface area contributed by atoms with Crippen LogP contribution in [0.25, 0.3) is 0 Å². The minimum Gasteiger partial charge on any atom is -0.370 e. The number of alkyl halides is 3. The number of nitrogens with one attached hydrogen (secondary N) is 1. The Bertz CT molecular complexity index is 297. The van der Waals surface area contributed by atoms with Crippen molar-refractivity contribution in [1.82, 2.24) is 5.48 Å². The third-order valence-corrected chi connectivity index (χ3v) is 3.10. The molecule has 0 aromatic rings. The lowest BCUT2D eigenvalue weighted by Crippen LogP contribution is -2.47. The Balaban J connectivity index is 2.56. The molecule has 3 nitrogen and oxygen atoms in total. The number of rotatable bonds is 2. The van der Waals surface area contributed by atoms with Crippen LogP contribution >= 0.6 is 0 Å². The third kappa shape index (κ3) is 4.15. The second-order valence-corrected chi connectivity index (χ2v) is 5.80. The molecule has 0 spiro atoms. The predicted molar refractivity (Wildman–Crippen MR) is 60.5 cm³/mol. The number of hydrogen-bond acceptors (Lipinski definition) is 3. The van der Waals surface area contributed by atoms with Gasteiger partial charge in [-0.25, -0.2) is 4.79 Å². The van der Waals surface area contributed by atoms with Gasteiger partial charge in [-0.15, -0.1) is 5.48 Å². The molecule has 106 valence electrons. The summed E-state index contributed by atoms with van der Waals surface area (Å²) in [7, 11) is 0. The summed E-state index contributed by atoms with van der Waals surface area (Å²) in [5, 5.41) is 0. The Hall–Kier alpha value is -0.780. The van der Waals surface area contributed by atoms with Gasteiger partial charge in [0.25, 0.3) is 0 Å². The molecule has 1 rings (SSSR count). The highest BCUT2D eigenvalue weighted by atomic mass is 19.4. The van der Waals surface area contributed by atoms with E-state index in [0.29, 0.717) is 12.8 Å². The van der Waals surface area contributed by atoms with Gasteiger partial charge in [0.15, 0.2) is 0 Å². The van der Waals surface area contributed by atoms with Crippen LogP contribution in [0.2, 0.25) is 0 Å². The van der Waals surface area contributed by atoms with Crippen LogP contribution in [-0.2, 0) is 9.63 Å². The zero-order valence-corrected chi connectivity index (χ0v) is 10.9. The van der Waals surface area contributed by atoms with Crippen LogP contribution in [0.1, 0.15) is 46.5 Å². The summed E-state index contributed by atoms with van der Waals surface area (Å²) in [6.07, 6.45) is -2.49. The van der Waals surface area contributed by atoms with Crippen LogP contribution in [0, 0.1) is 11.3 Å². The number of carbonyl (C=O) groups excluding carboxylic acids is 1. The van der Waals surface area contributed by atoms with Crippen molar-refractivity contribution in [1.29, 1.82) is 0 Å². The topological polar surface area (TPSA) is 38.3 Å². The maximum Gasteiger partial charge on any atom is 0.393 e. The fourth-order valence-corrected chi connectivity index (χ4v) is 1.95. The van der Waals surface area contributed by atoms with E-state index in [1.165, 1.54) is 0 Å². The molecule has 1 fully saturated rings. The Labute approximate surface area is 105 Å². The molecule has 1 N–H and O–H groups in total. The van der Waals surface area contributed by atoms with Crippen LogP contribution in [-0.4, -0.2) is 18.2 Å². The molecule has 18 heavy (non-hydrogen) atoms. The van der Waals surface area contributed by atoms with Gasteiger partial charge in [-0.1, -0.05) is 12.8 Å². The SMILES string of the molecule is CC(C)(C)C(=O)ONC1CCCCC1C(F)(F)F. The minimum atomic E-state index is -4.24. The van der Waals surface area contributed by atoms with Crippen LogP contribution in [0.5, 0.6) is 0 Å². The first-order valence-corrected chi connectivity index (χ1v) is 6.16. The van der Waals surface area contributed by atoms with Gasteiger partial charge in [0.1, 0.15) is 0 Å². The van der Waals surface area contributed by atoms with E-state index in [1.807, 2.05) is 0 Å². The van der Waals surface area contributed by atoms with Gasteiger partial charge in [-0.2, -0.15) is 13.2 Å². The summed E-state index contributed by atoms with van der Waals surface area (Å²) >= 11 is 0. The number of halogens is 3. The summed E-state index contributed by atoms with van der Waals surface area (Å²) in [4.78, 5) is 16.3. The van der Waals surface area contributed by atoms with Crippen molar-refractivity contribution in [2.24, 2.45) is 11.3 Å². The van der Waals surface area contributed by atoms with Gasteiger partial charge in [0.2, 0.25) is 0 Å². The van der Waals surface area contributed by atoms with E-state index in [9.17, 15) is 18.0 Å². The molecule has 2 unspecified atom stereocenters. The van der Waals surface area contributed by atoms with Crippen LogP contribution < -0.4 is 5.48 Å². The van der Waals surface area contributed by atoms with E-state index in [2.05, 4.69) is 5.48 Å². The molecule has 1 aliphatic carbocycles. The zero-order valence-electron chi connectivity index (χ0n) is 10.9. The van der Waals surface area contributed by atoms with Gasteiger partial charge in [0, 0.05) is 0 Å². The summed E-state index contributed by atoms with van der Waals surface area (Å²) in [5.41, 5.74) is 1.59. The monoisotopic (exact) mass is 267 g/mol. The molecule has 0 saturated heterocycles. The Morgan fingerprint density at radius 3 is 2.22 bits per heavy atom. The molecule has 1 aliphatic rings. The van der Waals surface area contributed by atoms with Crippen molar-refractivity contribution in [3.8, 4) is 0 Å². The van der Waals surface area contributed by atoms with Gasteiger partial charge in [-0.3, -0.25) is 0 Å². The molecule has 0 aromatic carbocycles. The number of hydroxylamine groups is 1. The molecule has 0 aromatic heterocycles. The van der Waals surface area contributed by atoms with E-state index >= 15 is 0 Å². The first-order chi connectivity index (χ1) is 8.12. The fourth-order valence-electron chi connectivity index (χ4n) is 1.95. The van der Waals surface area contributed by atoms with Crippen molar-refractivity contribution >= 4 is 5.97 Å². The molecule has 0 amide bonds. The van der Waals surface area contributed by atoms with E-state index in [4.69, 9.17) is 4.84 Å². The first kappa shape index (κ1) is 15.3. The fraction of sp³-hybridized carbons (Fsp3) is 0.917. The Morgan fingerprint density at radius 2 is 1.72 bits per heavy atom. The zero-order chi connectivity index (χ0) is 14.0. The molecule has 6 heteroatoms. The molecule has 0 aliphatic heterocycles. The summed E-state index contributed by atoms with van der Waals surface area (Å²) in [6.45, 7) is 4.96. The average molecular weight is 267 g/mol. The van der Waals surface area contributed by atoms with Crippen LogP contribution in [0.15, 0.2) is 0 Å². The Morgan fingerprint density at radius 1 is 1.17 bits per heavy atom. The Kier molecular flexibility index (Phi) is 4.64. The van der Waals surface area contributed by atoms with Crippen molar-refractivity contribution < 1.29 is 22.8 Å². The molecular formula is C12H20F3NO2. The maximum absolute atomic E-state index is 12.8. The normalized spacial score (nSPS) is 25.9. The molecule has 0 heterocycles. The van der Waals surface area contributed by atoms with Gasteiger partial charge < -0.3 is 4.84 Å². The highest BCUT2D eigenvalue weighted by Gasteiger charge is 2.46. The van der Waals surface area contributed by atoms with Crippen LogP contribution in [0.3, 0.4) is 0 Å². The lowest BCUT2D eigenvalue weighted by Gasteiger charge is -2.33. The van der Waals surface area contributed by atoms with Gasteiger partial charge in [0.05, 0.1) is 17.4 Å². The number of carbonyl (C=O) groups is 1. The van der Waals surface area contributed by atoms with E-state index in [1.54, 1.807) is 20.8 Å². The smallest absolute Gasteiger partial charge is 0.370 e. The molecule has 1 saturated carbocycles. The first-order valence-electron chi connectivity index (χ1n) is 6.16. The molecule has 0 radical (unpaired) electrons. The van der Waals surface area contributed by atoms with E-state index < -0.39 is 29.5 Å². The van der Waals surface area contributed by atoms with Gasteiger partial charge in [-0.05, 0) is 33.6 Å². The van der Waals surface area contributed by atoms with Gasteiger partial charge >= 0.3 is 12.1 Å². The van der Waals surface area contributed by atoms with Crippen molar-refractivity contribution in [3.05, 3.63) is 0 Å². The van der Waals surface area contributed by atoms with Crippen LogP contribution in [0.4, 0.5) is 13.2 Å².